The Hall–Kier alpha value is -1.55. The minimum absolute atomic E-state index is 0.0164. The number of carbonyl (C=O) groups is 1. The molecule has 0 amide bonds. The molecule has 0 fully saturated rings. The summed E-state index contributed by atoms with van der Waals surface area (Å²) in [5.74, 6) is -0.115. The lowest BCUT2D eigenvalue weighted by molar-refractivity contribution is -0.137. The Morgan fingerprint density at radius 1 is 1.42 bits per heavy atom. The quantitative estimate of drug-likeness (QED) is 0.859. The van der Waals surface area contributed by atoms with Gasteiger partial charge in [-0.05, 0) is 30.2 Å². The zero-order chi connectivity index (χ0) is 14.6. The SMILES string of the molecule is CNC(CC(=O)O)c1cc(C(C)(C)C)ccc1OC. The van der Waals surface area contributed by atoms with Crippen molar-refractivity contribution in [3.05, 3.63) is 29.3 Å². The van der Waals surface area contributed by atoms with Gasteiger partial charge < -0.3 is 15.2 Å². The van der Waals surface area contributed by atoms with Gasteiger partial charge in [0.2, 0.25) is 0 Å². The van der Waals surface area contributed by atoms with Gasteiger partial charge in [-0.15, -0.1) is 0 Å². The number of ether oxygens (including phenoxy) is 1. The number of hydrogen-bond donors (Lipinski definition) is 2. The minimum Gasteiger partial charge on any atom is -0.496 e. The third-order valence-corrected chi connectivity index (χ3v) is 3.20. The van der Waals surface area contributed by atoms with Crippen molar-refractivity contribution in [1.82, 2.24) is 5.32 Å². The van der Waals surface area contributed by atoms with Crippen molar-refractivity contribution in [2.75, 3.05) is 14.2 Å². The number of carboxylic acid groups (broad SMARTS) is 1. The second-order valence-electron chi connectivity index (χ2n) is 5.65. The highest BCUT2D eigenvalue weighted by Gasteiger charge is 2.21. The summed E-state index contributed by atoms with van der Waals surface area (Å²) >= 11 is 0. The second kappa shape index (κ2) is 6.06. The summed E-state index contributed by atoms with van der Waals surface area (Å²) in [7, 11) is 3.36. The van der Waals surface area contributed by atoms with E-state index < -0.39 is 5.97 Å². The number of hydrogen-bond acceptors (Lipinski definition) is 3. The molecule has 1 unspecified atom stereocenters. The van der Waals surface area contributed by atoms with Crippen LogP contribution in [0.5, 0.6) is 5.75 Å². The van der Waals surface area contributed by atoms with Crippen LogP contribution in [0.25, 0.3) is 0 Å². The first kappa shape index (κ1) is 15.5. The molecule has 0 aliphatic rings. The van der Waals surface area contributed by atoms with E-state index in [-0.39, 0.29) is 17.9 Å². The molecule has 0 radical (unpaired) electrons. The minimum atomic E-state index is -0.831. The van der Waals surface area contributed by atoms with E-state index in [4.69, 9.17) is 9.84 Å². The first-order valence-corrected chi connectivity index (χ1v) is 6.37. The lowest BCUT2D eigenvalue weighted by Crippen LogP contribution is -2.21. The van der Waals surface area contributed by atoms with E-state index in [0.717, 1.165) is 11.1 Å². The van der Waals surface area contributed by atoms with Gasteiger partial charge in [0.1, 0.15) is 5.75 Å². The largest absolute Gasteiger partial charge is 0.496 e. The third kappa shape index (κ3) is 3.96. The number of nitrogens with one attached hydrogen (secondary N) is 1. The van der Waals surface area contributed by atoms with E-state index in [0.29, 0.717) is 5.75 Å². The summed E-state index contributed by atoms with van der Waals surface area (Å²) < 4.78 is 5.34. The predicted molar refractivity (Wildman–Crippen MR) is 75.7 cm³/mol. The van der Waals surface area contributed by atoms with Crippen molar-refractivity contribution in [1.29, 1.82) is 0 Å². The molecule has 1 rings (SSSR count). The van der Waals surface area contributed by atoms with Crippen LogP contribution in [0.2, 0.25) is 0 Å². The van der Waals surface area contributed by atoms with Gasteiger partial charge in [-0.2, -0.15) is 0 Å². The molecule has 106 valence electrons. The molecule has 0 heterocycles. The molecular weight excluding hydrogens is 242 g/mol. The maximum Gasteiger partial charge on any atom is 0.305 e. The molecule has 0 aromatic heterocycles. The van der Waals surface area contributed by atoms with Gasteiger partial charge in [-0.25, -0.2) is 0 Å². The van der Waals surface area contributed by atoms with Crippen LogP contribution < -0.4 is 10.1 Å². The molecule has 0 saturated heterocycles. The summed E-state index contributed by atoms with van der Waals surface area (Å²) in [5.41, 5.74) is 2.07. The number of methoxy groups -OCH3 is 1. The average molecular weight is 265 g/mol. The van der Waals surface area contributed by atoms with E-state index >= 15 is 0 Å². The molecular formula is C15H23NO3. The van der Waals surface area contributed by atoms with Crippen LogP contribution in [-0.2, 0) is 10.2 Å². The van der Waals surface area contributed by atoms with Crippen LogP contribution in [0.15, 0.2) is 18.2 Å². The molecule has 19 heavy (non-hydrogen) atoms. The standard InChI is InChI=1S/C15H23NO3/c1-15(2,3)10-6-7-13(19-5)11(8-10)12(16-4)9-14(17)18/h6-8,12,16H,9H2,1-5H3,(H,17,18). The van der Waals surface area contributed by atoms with E-state index in [1.807, 2.05) is 18.2 Å². The van der Waals surface area contributed by atoms with Crippen molar-refractivity contribution >= 4 is 5.97 Å². The Morgan fingerprint density at radius 3 is 2.47 bits per heavy atom. The van der Waals surface area contributed by atoms with Gasteiger partial charge in [0.15, 0.2) is 0 Å². The van der Waals surface area contributed by atoms with Gasteiger partial charge >= 0.3 is 5.97 Å². The highest BCUT2D eigenvalue weighted by molar-refractivity contribution is 5.68. The lowest BCUT2D eigenvalue weighted by atomic mass is 9.85. The molecule has 2 N–H and O–H groups in total. The molecule has 0 aliphatic heterocycles. The van der Waals surface area contributed by atoms with E-state index in [1.54, 1.807) is 14.2 Å². The fraction of sp³-hybridized carbons (Fsp3) is 0.533. The maximum atomic E-state index is 10.9. The summed E-state index contributed by atoms with van der Waals surface area (Å²) in [6, 6.07) is 5.70. The Labute approximate surface area is 114 Å². The average Bonchev–Trinajstić information content (AvgIpc) is 2.33. The normalized spacial score (nSPS) is 13.1. The molecule has 1 aromatic rings. The van der Waals surface area contributed by atoms with Crippen molar-refractivity contribution in [3.8, 4) is 5.75 Å². The van der Waals surface area contributed by atoms with Gasteiger partial charge in [0.05, 0.1) is 13.5 Å². The molecule has 0 saturated carbocycles. The summed E-state index contributed by atoms with van der Waals surface area (Å²) in [6.45, 7) is 6.39. The van der Waals surface area contributed by atoms with Gasteiger partial charge in [0.25, 0.3) is 0 Å². The summed E-state index contributed by atoms with van der Waals surface area (Å²) in [4.78, 5) is 10.9. The third-order valence-electron chi connectivity index (χ3n) is 3.20. The van der Waals surface area contributed by atoms with Crippen LogP contribution in [0.4, 0.5) is 0 Å². The Morgan fingerprint density at radius 2 is 2.05 bits per heavy atom. The highest BCUT2D eigenvalue weighted by atomic mass is 16.5. The molecule has 4 nitrogen and oxygen atoms in total. The number of aliphatic carboxylic acids is 1. The van der Waals surface area contributed by atoms with Gasteiger partial charge in [-0.3, -0.25) is 4.79 Å². The number of carboxylic acids is 1. The molecule has 0 bridgehead atoms. The highest BCUT2D eigenvalue weighted by Crippen LogP contribution is 2.32. The zero-order valence-corrected chi connectivity index (χ0v) is 12.3. The van der Waals surface area contributed by atoms with E-state index in [2.05, 4.69) is 26.1 Å². The Bertz CT molecular complexity index is 449. The van der Waals surface area contributed by atoms with Crippen molar-refractivity contribution in [2.24, 2.45) is 0 Å². The van der Waals surface area contributed by atoms with E-state index in [1.165, 1.54) is 0 Å². The number of rotatable bonds is 5. The predicted octanol–water partition coefficient (Wildman–Crippen LogP) is 2.73. The second-order valence-corrected chi connectivity index (χ2v) is 5.65. The van der Waals surface area contributed by atoms with Gasteiger partial charge in [0, 0.05) is 11.6 Å². The fourth-order valence-corrected chi connectivity index (χ4v) is 2.02. The van der Waals surface area contributed by atoms with Crippen LogP contribution in [-0.4, -0.2) is 25.2 Å². The molecule has 4 heteroatoms. The molecule has 0 aliphatic carbocycles. The van der Waals surface area contributed by atoms with Crippen molar-refractivity contribution in [3.63, 3.8) is 0 Å². The molecule has 0 spiro atoms. The van der Waals surface area contributed by atoms with Crippen molar-refractivity contribution < 1.29 is 14.6 Å². The first-order chi connectivity index (χ1) is 8.79. The maximum absolute atomic E-state index is 10.9. The lowest BCUT2D eigenvalue weighted by Gasteiger charge is -2.24. The Balaban J connectivity index is 3.24. The van der Waals surface area contributed by atoms with Crippen LogP contribution >= 0.6 is 0 Å². The monoisotopic (exact) mass is 265 g/mol. The topological polar surface area (TPSA) is 58.6 Å². The number of benzene rings is 1. The smallest absolute Gasteiger partial charge is 0.305 e. The zero-order valence-electron chi connectivity index (χ0n) is 12.3. The summed E-state index contributed by atoms with van der Waals surface area (Å²) in [5, 5.41) is 12.0. The molecule has 1 aromatic carbocycles. The van der Waals surface area contributed by atoms with E-state index in [9.17, 15) is 4.79 Å². The van der Waals surface area contributed by atoms with Crippen LogP contribution in [0, 0.1) is 0 Å². The van der Waals surface area contributed by atoms with Crippen LogP contribution in [0.3, 0.4) is 0 Å². The van der Waals surface area contributed by atoms with Gasteiger partial charge in [-0.1, -0.05) is 26.8 Å². The molecule has 1 atom stereocenters. The first-order valence-electron chi connectivity index (χ1n) is 6.37. The fourth-order valence-electron chi connectivity index (χ4n) is 2.02. The van der Waals surface area contributed by atoms with Crippen molar-refractivity contribution in [2.45, 2.75) is 38.6 Å². The Kier molecular flexibility index (Phi) is 4.95. The summed E-state index contributed by atoms with van der Waals surface area (Å²) in [6.07, 6.45) is 0.0282. The van der Waals surface area contributed by atoms with Crippen LogP contribution in [0.1, 0.15) is 44.4 Å².